The Kier molecular flexibility index (Phi) is 11.5. The number of nitrogens with zero attached hydrogens (tertiary/aromatic N) is 3. The smallest absolute Gasteiger partial charge is 0.416 e. The molecule has 0 bridgehead atoms. The summed E-state index contributed by atoms with van der Waals surface area (Å²) in [6.45, 7) is 2.85. The number of amides is 2. The highest BCUT2D eigenvalue weighted by molar-refractivity contribution is 5.83. The predicted molar refractivity (Wildman–Crippen MR) is 185 cm³/mol. The van der Waals surface area contributed by atoms with E-state index in [0.29, 0.717) is 63.9 Å². The summed E-state index contributed by atoms with van der Waals surface area (Å²) in [7, 11) is 3.23. The minimum absolute atomic E-state index is 0.0135. The number of carboxylic acid groups (broad SMARTS) is 1. The van der Waals surface area contributed by atoms with Crippen LogP contribution in [0.4, 0.5) is 18.9 Å². The van der Waals surface area contributed by atoms with E-state index < -0.39 is 30.2 Å². The van der Waals surface area contributed by atoms with E-state index in [4.69, 9.17) is 14.6 Å². The van der Waals surface area contributed by atoms with Crippen molar-refractivity contribution in [2.24, 2.45) is 17.8 Å². The molecule has 1 saturated carbocycles. The molecular weight excluding hydrogens is 665 g/mol. The molecule has 2 amide bonds. The summed E-state index contributed by atoms with van der Waals surface area (Å²) < 4.78 is 53.2. The number of nitrogens with one attached hydrogen (secondary N) is 1. The zero-order valence-electron chi connectivity index (χ0n) is 29.4. The predicted octanol–water partition coefficient (Wildman–Crippen LogP) is 4.98. The lowest BCUT2D eigenvalue weighted by Gasteiger charge is -2.36. The second kappa shape index (κ2) is 15.8. The highest BCUT2D eigenvalue weighted by atomic mass is 19.4. The first kappa shape index (κ1) is 36.9. The Balaban J connectivity index is 1.25. The van der Waals surface area contributed by atoms with Gasteiger partial charge in [-0.1, -0.05) is 31.0 Å². The van der Waals surface area contributed by atoms with E-state index in [-0.39, 0.29) is 35.5 Å². The van der Waals surface area contributed by atoms with Gasteiger partial charge >= 0.3 is 12.1 Å². The van der Waals surface area contributed by atoms with Crippen LogP contribution in [0.15, 0.2) is 42.5 Å². The van der Waals surface area contributed by atoms with Crippen molar-refractivity contribution in [3.8, 4) is 5.75 Å². The molecule has 10 nitrogen and oxygen atoms in total. The van der Waals surface area contributed by atoms with Crippen LogP contribution in [0.5, 0.6) is 5.75 Å². The third kappa shape index (κ3) is 8.30. The van der Waals surface area contributed by atoms with Gasteiger partial charge in [0.15, 0.2) is 0 Å². The van der Waals surface area contributed by atoms with E-state index >= 15 is 0 Å². The van der Waals surface area contributed by atoms with Crippen molar-refractivity contribution >= 4 is 23.5 Å². The van der Waals surface area contributed by atoms with Crippen LogP contribution in [0.1, 0.15) is 67.1 Å². The summed E-state index contributed by atoms with van der Waals surface area (Å²) in [5.74, 6) is -1.72. The van der Waals surface area contributed by atoms with E-state index in [9.17, 15) is 27.6 Å². The molecule has 4 aliphatic rings. The molecule has 3 aliphatic heterocycles. The molecule has 13 heteroatoms. The largest absolute Gasteiger partial charge is 0.497 e. The molecule has 0 unspecified atom stereocenters. The Bertz CT molecular complexity index is 1540. The quantitative estimate of drug-likeness (QED) is 0.336. The van der Waals surface area contributed by atoms with Crippen molar-refractivity contribution in [1.82, 2.24) is 15.1 Å². The second-order valence-electron chi connectivity index (χ2n) is 14.6. The fourth-order valence-electron chi connectivity index (χ4n) is 8.86. The maximum absolute atomic E-state index is 14.6. The van der Waals surface area contributed by atoms with E-state index in [1.807, 2.05) is 21.9 Å². The van der Waals surface area contributed by atoms with Crippen LogP contribution < -0.4 is 15.0 Å². The lowest BCUT2D eigenvalue weighted by Crippen LogP contribution is -2.42. The van der Waals surface area contributed by atoms with Crippen LogP contribution in [0.2, 0.25) is 0 Å². The molecular formula is C38H49F3N4O6. The molecule has 3 heterocycles. The molecule has 0 spiro atoms. The zero-order chi connectivity index (χ0) is 36.3. The number of carboxylic acids is 1. The van der Waals surface area contributed by atoms with Crippen LogP contribution in [0.3, 0.4) is 0 Å². The second-order valence-corrected chi connectivity index (χ2v) is 14.6. The molecule has 1 aliphatic carbocycles. The molecule has 278 valence electrons. The fourth-order valence-corrected chi connectivity index (χ4v) is 8.86. The number of carbonyl (C=O) groups is 3. The summed E-state index contributed by atoms with van der Waals surface area (Å²) in [5.41, 5.74) is 1.54. The minimum Gasteiger partial charge on any atom is -0.497 e. The maximum atomic E-state index is 14.6. The van der Waals surface area contributed by atoms with Crippen molar-refractivity contribution in [2.75, 3.05) is 71.5 Å². The number of piperidine rings is 1. The van der Waals surface area contributed by atoms with E-state index in [1.54, 1.807) is 20.3 Å². The highest BCUT2D eigenvalue weighted by Gasteiger charge is 2.46. The number of hydrogen-bond donors (Lipinski definition) is 2. The first-order valence-electron chi connectivity index (χ1n) is 18.1. The summed E-state index contributed by atoms with van der Waals surface area (Å²) in [4.78, 5) is 44.4. The molecule has 0 radical (unpaired) electrons. The van der Waals surface area contributed by atoms with Gasteiger partial charge in [-0.15, -0.1) is 0 Å². The molecule has 2 N–H and O–H groups in total. The van der Waals surface area contributed by atoms with Gasteiger partial charge in [-0.3, -0.25) is 19.3 Å². The zero-order valence-corrected chi connectivity index (χ0v) is 29.4. The molecule has 3 saturated heterocycles. The van der Waals surface area contributed by atoms with Crippen molar-refractivity contribution in [1.29, 1.82) is 0 Å². The van der Waals surface area contributed by atoms with Gasteiger partial charge in [0.2, 0.25) is 11.8 Å². The molecule has 51 heavy (non-hydrogen) atoms. The van der Waals surface area contributed by atoms with Gasteiger partial charge in [-0.25, -0.2) is 0 Å². The summed E-state index contributed by atoms with van der Waals surface area (Å²) in [5, 5.41) is 11.4. The maximum Gasteiger partial charge on any atom is 0.416 e. The van der Waals surface area contributed by atoms with Gasteiger partial charge in [-0.05, 0) is 61.1 Å². The summed E-state index contributed by atoms with van der Waals surface area (Å²) in [6.07, 6.45) is 0.886. The molecule has 2 aromatic rings. The molecule has 0 aromatic heterocycles. The molecule has 4 fully saturated rings. The van der Waals surface area contributed by atoms with Crippen molar-refractivity contribution in [3.63, 3.8) is 0 Å². The van der Waals surface area contributed by atoms with Gasteiger partial charge in [0.1, 0.15) is 12.3 Å². The number of halogens is 3. The Morgan fingerprint density at radius 3 is 2.24 bits per heavy atom. The topological polar surface area (TPSA) is 112 Å². The first-order chi connectivity index (χ1) is 24.5. The van der Waals surface area contributed by atoms with Crippen LogP contribution in [0.25, 0.3) is 0 Å². The average molecular weight is 715 g/mol. The summed E-state index contributed by atoms with van der Waals surface area (Å²) in [6, 6.07) is 12.3. The SMILES string of the molecule is COC[C@H]1CN(C(=O)[C@@H]2CN(C3CCCC3)C[C@H]2c2ccc(OC)cc2)C[C@@H]1c1ccc(C(F)(F)F)cc1N1CCC(C(=O)NCC(=O)O)CC1. The monoisotopic (exact) mass is 714 g/mol. The first-order valence-corrected chi connectivity index (χ1v) is 18.1. The van der Waals surface area contributed by atoms with Crippen LogP contribution in [-0.2, 0) is 25.3 Å². The fraction of sp³-hybridized carbons (Fsp3) is 0.605. The van der Waals surface area contributed by atoms with Crippen molar-refractivity contribution in [2.45, 2.75) is 62.6 Å². The Morgan fingerprint density at radius 1 is 0.902 bits per heavy atom. The number of ether oxygens (including phenoxy) is 2. The molecule has 4 atom stereocenters. The van der Waals surface area contributed by atoms with Crippen LogP contribution in [-0.4, -0.2) is 105 Å². The van der Waals surface area contributed by atoms with Gasteiger partial charge in [-0.2, -0.15) is 13.2 Å². The van der Waals surface area contributed by atoms with Crippen LogP contribution >= 0.6 is 0 Å². The Hall–Kier alpha value is -3.84. The number of benzene rings is 2. The van der Waals surface area contributed by atoms with E-state index in [2.05, 4.69) is 22.3 Å². The third-order valence-corrected chi connectivity index (χ3v) is 11.6. The van der Waals surface area contributed by atoms with Gasteiger partial charge in [0.25, 0.3) is 0 Å². The molecule has 6 rings (SSSR count). The number of hydrogen-bond acceptors (Lipinski definition) is 7. The van der Waals surface area contributed by atoms with Gasteiger partial charge in [0, 0.05) is 81.8 Å². The van der Waals surface area contributed by atoms with Gasteiger partial charge < -0.3 is 29.7 Å². The minimum atomic E-state index is -4.55. The normalized spacial score (nSPS) is 25.0. The highest BCUT2D eigenvalue weighted by Crippen LogP contribution is 2.44. The number of alkyl halides is 3. The third-order valence-electron chi connectivity index (χ3n) is 11.6. The number of anilines is 1. The molecule has 2 aromatic carbocycles. The van der Waals surface area contributed by atoms with Crippen LogP contribution in [0, 0.1) is 17.8 Å². The number of methoxy groups -OCH3 is 2. The van der Waals surface area contributed by atoms with Crippen molar-refractivity contribution in [3.05, 3.63) is 59.2 Å². The lowest BCUT2D eigenvalue weighted by atomic mass is 9.86. The number of rotatable bonds is 11. The van der Waals surface area contributed by atoms with E-state index in [0.717, 1.165) is 42.3 Å². The van der Waals surface area contributed by atoms with Crippen molar-refractivity contribution < 1.29 is 42.1 Å². The summed E-state index contributed by atoms with van der Waals surface area (Å²) >= 11 is 0. The van der Waals surface area contributed by atoms with E-state index in [1.165, 1.54) is 18.9 Å². The number of carbonyl (C=O) groups excluding carboxylic acids is 2. The Labute approximate surface area is 297 Å². The average Bonchev–Trinajstić information content (AvgIpc) is 3.91. The lowest BCUT2D eigenvalue weighted by molar-refractivity contribution is -0.138. The van der Waals surface area contributed by atoms with Gasteiger partial charge in [0.05, 0.1) is 25.2 Å². The standard InChI is InChI=1S/C38H49F3N4O6/c1-50-23-26-19-45(37(49)33-22-44(28-5-3-4-6-28)20-31(33)24-7-10-29(51-2)11-8-24)21-32(26)30-12-9-27(38(39,40)41)17-34(30)43-15-13-25(14-16-43)36(48)42-18-35(46)47/h7-12,17,25-26,28,31-33H,3-6,13-16,18-23H2,1-2H3,(H,42,48)(H,46,47)/t26-,31+,32+,33-/m1/s1. The number of likely N-dealkylation sites (tertiary alicyclic amines) is 2. The number of aliphatic carboxylic acids is 1. The Morgan fingerprint density at radius 2 is 1.61 bits per heavy atom.